The number of methoxy groups -OCH3 is 1. The first kappa shape index (κ1) is 13.1. The number of ether oxygens (including phenoxy) is 1. The minimum Gasteiger partial charge on any atom is -0.480 e. The van der Waals surface area contributed by atoms with Crippen LogP contribution in [0.1, 0.15) is 0 Å². The average Bonchev–Trinajstić information content (AvgIpc) is 2.89. The van der Waals surface area contributed by atoms with Gasteiger partial charge < -0.3 is 15.0 Å². The molecule has 0 atom stereocenters. The van der Waals surface area contributed by atoms with E-state index >= 15 is 0 Å². The molecular formula is C15H12FN3O2. The molecular weight excluding hydrogens is 273 g/mol. The number of pyridine rings is 1. The van der Waals surface area contributed by atoms with Crippen molar-refractivity contribution in [2.75, 3.05) is 12.8 Å². The number of aromatic nitrogens is 2. The highest BCUT2D eigenvalue weighted by Gasteiger charge is 2.22. The van der Waals surface area contributed by atoms with Crippen LogP contribution in [0.2, 0.25) is 0 Å². The summed E-state index contributed by atoms with van der Waals surface area (Å²) < 4.78 is 24.5. The summed E-state index contributed by atoms with van der Waals surface area (Å²) in [7, 11) is 1.49. The summed E-state index contributed by atoms with van der Waals surface area (Å²) in [5, 5.41) is 3.74. The quantitative estimate of drug-likeness (QED) is 0.800. The standard InChI is InChI=1S/C15H12FN3O2/c1-20-15-10(6-4-8-18-15)13-12(14(17)19-21-13)9-5-2-3-7-11(9)16/h2-8H,1H3,(H2,17,19). The Morgan fingerprint density at radius 2 is 1.90 bits per heavy atom. The van der Waals surface area contributed by atoms with E-state index in [4.69, 9.17) is 15.0 Å². The highest BCUT2D eigenvalue weighted by molar-refractivity contribution is 5.88. The Balaban J connectivity index is 2.25. The van der Waals surface area contributed by atoms with Gasteiger partial charge in [0, 0.05) is 11.8 Å². The molecule has 2 heterocycles. The number of anilines is 1. The molecule has 2 aromatic heterocycles. The van der Waals surface area contributed by atoms with E-state index in [-0.39, 0.29) is 5.82 Å². The molecule has 1 aromatic carbocycles. The van der Waals surface area contributed by atoms with Crippen molar-refractivity contribution in [2.24, 2.45) is 0 Å². The molecule has 0 aliphatic heterocycles. The predicted octanol–water partition coefficient (Wildman–Crippen LogP) is 3.13. The normalized spacial score (nSPS) is 10.6. The van der Waals surface area contributed by atoms with Gasteiger partial charge in [0.25, 0.3) is 0 Å². The predicted molar refractivity (Wildman–Crippen MR) is 76.1 cm³/mol. The van der Waals surface area contributed by atoms with Crippen LogP contribution in [0.3, 0.4) is 0 Å². The second-order valence-electron chi connectivity index (χ2n) is 4.31. The van der Waals surface area contributed by atoms with Gasteiger partial charge in [-0.2, -0.15) is 0 Å². The van der Waals surface area contributed by atoms with Crippen LogP contribution in [0.15, 0.2) is 47.1 Å². The lowest BCUT2D eigenvalue weighted by atomic mass is 10.0. The van der Waals surface area contributed by atoms with E-state index in [1.54, 1.807) is 36.5 Å². The first-order chi connectivity index (χ1) is 10.2. The van der Waals surface area contributed by atoms with E-state index < -0.39 is 5.82 Å². The van der Waals surface area contributed by atoms with Crippen molar-refractivity contribution in [1.29, 1.82) is 0 Å². The van der Waals surface area contributed by atoms with Crippen molar-refractivity contribution in [3.63, 3.8) is 0 Å². The summed E-state index contributed by atoms with van der Waals surface area (Å²) in [5.41, 5.74) is 7.10. The van der Waals surface area contributed by atoms with Crippen LogP contribution < -0.4 is 10.5 Å². The maximum absolute atomic E-state index is 14.0. The molecule has 0 radical (unpaired) electrons. The highest BCUT2D eigenvalue weighted by atomic mass is 19.1. The fourth-order valence-electron chi connectivity index (χ4n) is 2.14. The first-order valence-electron chi connectivity index (χ1n) is 6.21. The number of nitrogens with zero attached hydrogens (tertiary/aromatic N) is 2. The molecule has 0 unspecified atom stereocenters. The van der Waals surface area contributed by atoms with E-state index in [1.165, 1.54) is 13.2 Å². The van der Waals surface area contributed by atoms with E-state index in [1.807, 2.05) is 0 Å². The van der Waals surface area contributed by atoms with Crippen molar-refractivity contribution in [3.05, 3.63) is 48.4 Å². The molecule has 6 heteroatoms. The average molecular weight is 285 g/mol. The maximum Gasteiger partial charge on any atom is 0.224 e. The molecule has 3 rings (SSSR count). The molecule has 0 fully saturated rings. The SMILES string of the molecule is COc1ncccc1-c1onc(N)c1-c1ccccc1F. The molecule has 0 spiro atoms. The van der Waals surface area contributed by atoms with Gasteiger partial charge >= 0.3 is 0 Å². The van der Waals surface area contributed by atoms with Crippen LogP contribution in [0.5, 0.6) is 5.88 Å². The number of hydrogen-bond donors (Lipinski definition) is 1. The van der Waals surface area contributed by atoms with Crippen LogP contribution in [-0.4, -0.2) is 17.3 Å². The summed E-state index contributed by atoms with van der Waals surface area (Å²) in [6.07, 6.45) is 1.59. The molecule has 0 aliphatic carbocycles. The zero-order valence-electron chi connectivity index (χ0n) is 11.2. The third-order valence-electron chi connectivity index (χ3n) is 3.07. The zero-order valence-corrected chi connectivity index (χ0v) is 11.2. The molecule has 0 aliphatic rings. The number of rotatable bonds is 3. The maximum atomic E-state index is 14.0. The minimum atomic E-state index is -0.406. The van der Waals surface area contributed by atoms with Crippen LogP contribution >= 0.6 is 0 Å². The molecule has 0 saturated carbocycles. The fraction of sp³-hybridized carbons (Fsp3) is 0.0667. The Bertz CT molecular complexity index is 786. The third kappa shape index (κ3) is 2.20. The molecule has 2 N–H and O–H groups in total. The molecule has 3 aromatic rings. The van der Waals surface area contributed by atoms with Gasteiger partial charge in [-0.1, -0.05) is 23.4 Å². The largest absolute Gasteiger partial charge is 0.480 e. The van der Waals surface area contributed by atoms with Crippen molar-refractivity contribution >= 4 is 5.82 Å². The van der Waals surface area contributed by atoms with E-state index in [2.05, 4.69) is 10.1 Å². The summed E-state index contributed by atoms with van der Waals surface area (Å²) in [4.78, 5) is 4.10. The number of halogens is 1. The van der Waals surface area contributed by atoms with Crippen molar-refractivity contribution in [2.45, 2.75) is 0 Å². The molecule has 0 bridgehead atoms. The second kappa shape index (κ2) is 5.24. The van der Waals surface area contributed by atoms with Crippen molar-refractivity contribution in [1.82, 2.24) is 10.1 Å². The Kier molecular flexibility index (Phi) is 3.27. The van der Waals surface area contributed by atoms with E-state index in [0.717, 1.165) is 0 Å². The lowest BCUT2D eigenvalue weighted by Gasteiger charge is -2.07. The lowest BCUT2D eigenvalue weighted by Crippen LogP contribution is -1.94. The van der Waals surface area contributed by atoms with Gasteiger partial charge in [-0.15, -0.1) is 0 Å². The number of benzene rings is 1. The summed E-state index contributed by atoms with van der Waals surface area (Å²) in [6.45, 7) is 0. The molecule has 21 heavy (non-hydrogen) atoms. The smallest absolute Gasteiger partial charge is 0.224 e. The van der Waals surface area contributed by atoms with Gasteiger partial charge in [0.15, 0.2) is 11.6 Å². The van der Waals surface area contributed by atoms with E-state index in [9.17, 15) is 4.39 Å². The van der Waals surface area contributed by atoms with Crippen LogP contribution in [0.25, 0.3) is 22.5 Å². The number of hydrogen-bond acceptors (Lipinski definition) is 5. The van der Waals surface area contributed by atoms with Crippen LogP contribution in [0.4, 0.5) is 10.2 Å². The molecule has 5 nitrogen and oxygen atoms in total. The molecule has 0 amide bonds. The van der Waals surface area contributed by atoms with Gasteiger partial charge in [0.05, 0.1) is 18.2 Å². The molecule has 106 valence electrons. The Labute approximate surface area is 120 Å². The van der Waals surface area contributed by atoms with Gasteiger partial charge in [-0.25, -0.2) is 9.37 Å². The van der Waals surface area contributed by atoms with Gasteiger partial charge in [0.1, 0.15) is 5.82 Å². The Morgan fingerprint density at radius 3 is 2.67 bits per heavy atom. The van der Waals surface area contributed by atoms with Gasteiger partial charge in [-0.3, -0.25) is 0 Å². The Morgan fingerprint density at radius 1 is 1.14 bits per heavy atom. The topological polar surface area (TPSA) is 74.2 Å². The Hall–Kier alpha value is -2.89. The second-order valence-corrected chi connectivity index (χ2v) is 4.31. The monoisotopic (exact) mass is 285 g/mol. The minimum absolute atomic E-state index is 0.112. The van der Waals surface area contributed by atoms with Crippen molar-refractivity contribution < 1.29 is 13.7 Å². The fourth-order valence-corrected chi connectivity index (χ4v) is 2.14. The summed E-state index contributed by atoms with van der Waals surface area (Å²) in [5.74, 6) is 0.381. The van der Waals surface area contributed by atoms with Gasteiger partial charge in [-0.05, 0) is 18.2 Å². The van der Waals surface area contributed by atoms with E-state index in [0.29, 0.717) is 28.3 Å². The third-order valence-corrected chi connectivity index (χ3v) is 3.07. The first-order valence-corrected chi connectivity index (χ1v) is 6.21. The molecule has 0 saturated heterocycles. The summed E-state index contributed by atoms with van der Waals surface area (Å²) >= 11 is 0. The van der Waals surface area contributed by atoms with Crippen LogP contribution in [-0.2, 0) is 0 Å². The van der Waals surface area contributed by atoms with Gasteiger partial charge in [0.2, 0.25) is 5.88 Å². The number of nitrogens with two attached hydrogens (primary N) is 1. The van der Waals surface area contributed by atoms with Crippen LogP contribution in [0, 0.1) is 5.82 Å². The zero-order chi connectivity index (χ0) is 14.8. The van der Waals surface area contributed by atoms with Crippen molar-refractivity contribution in [3.8, 4) is 28.3 Å². The highest BCUT2D eigenvalue weighted by Crippen LogP contribution is 2.40. The number of nitrogen functional groups attached to an aromatic ring is 1. The summed E-state index contributed by atoms with van der Waals surface area (Å²) in [6, 6.07) is 9.76. The lowest BCUT2D eigenvalue weighted by molar-refractivity contribution is 0.393.